The molecule has 0 saturated heterocycles. The van der Waals surface area contributed by atoms with Crippen LogP contribution in [-0.4, -0.2) is 18.0 Å². The fourth-order valence-corrected chi connectivity index (χ4v) is 0.702. The van der Waals surface area contributed by atoms with E-state index in [9.17, 15) is 4.79 Å². The molecule has 1 aliphatic heterocycles. The van der Waals surface area contributed by atoms with E-state index in [0.29, 0.717) is 13.0 Å². The van der Waals surface area contributed by atoms with E-state index in [-0.39, 0.29) is 5.78 Å². The molecule has 0 bridgehead atoms. The molecule has 0 unspecified atom stereocenters. The van der Waals surface area contributed by atoms with Crippen molar-refractivity contribution in [2.45, 2.75) is 19.8 Å². The number of rotatable bonds is 0. The summed E-state index contributed by atoms with van der Waals surface area (Å²) in [6.07, 6.45) is 1.58. The smallest absolute Gasteiger partial charge is 0.154 e. The van der Waals surface area contributed by atoms with Crippen molar-refractivity contribution >= 4 is 11.5 Å². The number of carbonyl (C=O) groups excluding carboxylic acids is 1. The molecule has 1 aliphatic rings. The van der Waals surface area contributed by atoms with E-state index in [4.69, 9.17) is 0 Å². The van der Waals surface area contributed by atoms with Crippen molar-refractivity contribution in [2.24, 2.45) is 4.99 Å². The summed E-state index contributed by atoms with van der Waals surface area (Å²) in [6.45, 7) is 2.39. The summed E-state index contributed by atoms with van der Waals surface area (Å²) in [5.41, 5.74) is 1.12. The lowest BCUT2D eigenvalue weighted by molar-refractivity contribution is -0.117. The Labute approximate surface area is 48.6 Å². The SMILES string of the molecule is CC1=NCC(=O)CC1. The molecule has 2 nitrogen and oxygen atoms in total. The normalized spacial score (nSPS) is 20.6. The van der Waals surface area contributed by atoms with Gasteiger partial charge in [-0.1, -0.05) is 0 Å². The van der Waals surface area contributed by atoms with Gasteiger partial charge in [-0.15, -0.1) is 0 Å². The molecule has 0 aliphatic carbocycles. The van der Waals surface area contributed by atoms with Gasteiger partial charge in [0, 0.05) is 12.1 Å². The van der Waals surface area contributed by atoms with Gasteiger partial charge in [0.2, 0.25) is 0 Å². The first kappa shape index (κ1) is 5.48. The third-order valence-electron chi connectivity index (χ3n) is 1.29. The third-order valence-corrected chi connectivity index (χ3v) is 1.29. The van der Waals surface area contributed by atoms with Crippen LogP contribution in [0.3, 0.4) is 0 Å². The number of aliphatic imine (C=N–C) groups is 1. The number of nitrogens with zero attached hydrogens (tertiary/aromatic N) is 1. The van der Waals surface area contributed by atoms with Crippen LogP contribution in [0.4, 0.5) is 0 Å². The predicted octanol–water partition coefficient (Wildman–Crippen LogP) is 0.810. The van der Waals surface area contributed by atoms with Crippen LogP contribution in [-0.2, 0) is 4.79 Å². The van der Waals surface area contributed by atoms with Crippen LogP contribution >= 0.6 is 0 Å². The molecule has 1 heterocycles. The van der Waals surface area contributed by atoms with Gasteiger partial charge in [-0.25, -0.2) is 0 Å². The largest absolute Gasteiger partial charge is 0.298 e. The first-order valence-electron chi connectivity index (χ1n) is 2.80. The minimum Gasteiger partial charge on any atom is -0.298 e. The average Bonchev–Trinajstić information content (AvgIpc) is 1.77. The minimum atomic E-state index is 0.274. The van der Waals surface area contributed by atoms with E-state index in [1.54, 1.807) is 0 Å². The summed E-state index contributed by atoms with van der Waals surface area (Å²) in [5, 5.41) is 0. The second kappa shape index (κ2) is 2.07. The summed E-state index contributed by atoms with van der Waals surface area (Å²) in [7, 11) is 0. The van der Waals surface area contributed by atoms with Gasteiger partial charge >= 0.3 is 0 Å². The fourth-order valence-electron chi connectivity index (χ4n) is 0.702. The van der Waals surface area contributed by atoms with Crippen molar-refractivity contribution in [1.29, 1.82) is 0 Å². The lowest BCUT2D eigenvalue weighted by Gasteiger charge is -2.04. The van der Waals surface area contributed by atoms with Crippen LogP contribution < -0.4 is 0 Å². The van der Waals surface area contributed by atoms with Crippen LogP contribution in [0.1, 0.15) is 19.8 Å². The molecule has 0 aromatic carbocycles. The van der Waals surface area contributed by atoms with Crippen molar-refractivity contribution in [3.8, 4) is 0 Å². The third kappa shape index (κ3) is 1.15. The summed E-state index contributed by atoms with van der Waals surface area (Å²) >= 11 is 0. The number of hydrogen-bond acceptors (Lipinski definition) is 2. The zero-order valence-electron chi connectivity index (χ0n) is 4.98. The van der Waals surface area contributed by atoms with Gasteiger partial charge in [-0.05, 0) is 13.3 Å². The quantitative estimate of drug-likeness (QED) is 0.455. The molecular formula is C6H9NO. The summed E-state index contributed by atoms with van der Waals surface area (Å²) < 4.78 is 0. The minimum absolute atomic E-state index is 0.274. The summed E-state index contributed by atoms with van der Waals surface area (Å²) in [5.74, 6) is 0.274. The van der Waals surface area contributed by atoms with Gasteiger partial charge < -0.3 is 0 Å². The topological polar surface area (TPSA) is 29.4 Å². The Morgan fingerprint density at radius 3 is 2.62 bits per heavy atom. The van der Waals surface area contributed by atoms with E-state index < -0.39 is 0 Å². The molecular weight excluding hydrogens is 102 g/mol. The van der Waals surface area contributed by atoms with Crippen LogP contribution in [0.15, 0.2) is 4.99 Å². The second-order valence-corrected chi connectivity index (χ2v) is 2.09. The lowest BCUT2D eigenvalue weighted by atomic mass is 10.1. The number of Topliss-reactive ketones (excluding diaryl/α,β-unsaturated/α-hetero) is 1. The molecule has 0 spiro atoms. The zero-order valence-corrected chi connectivity index (χ0v) is 4.98. The van der Waals surface area contributed by atoms with Crippen LogP contribution in [0.2, 0.25) is 0 Å². The van der Waals surface area contributed by atoms with Gasteiger partial charge in [-0.2, -0.15) is 0 Å². The highest BCUT2D eigenvalue weighted by molar-refractivity contribution is 5.93. The van der Waals surface area contributed by atoms with Crippen molar-refractivity contribution in [2.75, 3.05) is 6.54 Å². The van der Waals surface area contributed by atoms with Crippen LogP contribution in [0.25, 0.3) is 0 Å². The van der Waals surface area contributed by atoms with Crippen molar-refractivity contribution in [1.82, 2.24) is 0 Å². The standard InChI is InChI=1S/C6H9NO/c1-5-2-3-6(8)4-7-5/h2-4H2,1H3. The molecule has 8 heavy (non-hydrogen) atoms. The Morgan fingerprint density at radius 2 is 2.25 bits per heavy atom. The molecule has 0 fully saturated rings. The first-order valence-corrected chi connectivity index (χ1v) is 2.80. The fraction of sp³-hybridized carbons (Fsp3) is 0.667. The monoisotopic (exact) mass is 111 g/mol. The van der Waals surface area contributed by atoms with Crippen molar-refractivity contribution < 1.29 is 4.79 Å². The maximum absolute atomic E-state index is 10.5. The van der Waals surface area contributed by atoms with E-state index in [0.717, 1.165) is 12.1 Å². The molecule has 0 radical (unpaired) electrons. The van der Waals surface area contributed by atoms with Crippen molar-refractivity contribution in [3.05, 3.63) is 0 Å². The number of carbonyl (C=O) groups is 1. The van der Waals surface area contributed by atoms with Gasteiger partial charge in [0.1, 0.15) is 0 Å². The summed E-state index contributed by atoms with van der Waals surface area (Å²) in [4.78, 5) is 14.5. The first-order chi connectivity index (χ1) is 3.79. The molecule has 2 heteroatoms. The predicted molar refractivity (Wildman–Crippen MR) is 32.2 cm³/mol. The van der Waals surface area contributed by atoms with Gasteiger partial charge in [0.25, 0.3) is 0 Å². The van der Waals surface area contributed by atoms with E-state index in [2.05, 4.69) is 4.99 Å². The Balaban J connectivity index is 2.55. The molecule has 0 aromatic rings. The second-order valence-electron chi connectivity index (χ2n) is 2.09. The molecule has 0 aromatic heterocycles. The Bertz CT molecular complexity index is 137. The highest BCUT2D eigenvalue weighted by Crippen LogP contribution is 2.00. The molecule has 0 atom stereocenters. The summed E-state index contributed by atoms with van der Waals surface area (Å²) in [6, 6.07) is 0. The number of ketones is 1. The number of hydrogen-bond donors (Lipinski definition) is 0. The van der Waals surface area contributed by atoms with Gasteiger partial charge in [0.05, 0.1) is 6.54 Å². The van der Waals surface area contributed by atoms with Gasteiger partial charge in [-0.3, -0.25) is 9.79 Å². The molecule has 44 valence electrons. The Hall–Kier alpha value is -0.660. The highest BCUT2D eigenvalue weighted by atomic mass is 16.1. The van der Waals surface area contributed by atoms with E-state index in [1.165, 1.54) is 0 Å². The van der Waals surface area contributed by atoms with E-state index >= 15 is 0 Å². The lowest BCUT2D eigenvalue weighted by Crippen LogP contribution is -2.12. The average molecular weight is 111 g/mol. The maximum Gasteiger partial charge on any atom is 0.154 e. The highest BCUT2D eigenvalue weighted by Gasteiger charge is 2.06. The molecule has 1 rings (SSSR count). The Morgan fingerprint density at radius 1 is 1.50 bits per heavy atom. The molecule has 0 N–H and O–H groups in total. The van der Waals surface area contributed by atoms with Crippen LogP contribution in [0.5, 0.6) is 0 Å². The Kier molecular flexibility index (Phi) is 1.42. The van der Waals surface area contributed by atoms with Crippen molar-refractivity contribution in [3.63, 3.8) is 0 Å². The molecule has 0 saturated carbocycles. The maximum atomic E-state index is 10.5. The van der Waals surface area contributed by atoms with E-state index in [1.807, 2.05) is 6.92 Å². The zero-order chi connectivity index (χ0) is 5.98. The molecule has 0 amide bonds. The van der Waals surface area contributed by atoms with Gasteiger partial charge in [0.15, 0.2) is 5.78 Å². The van der Waals surface area contributed by atoms with Crippen LogP contribution in [0, 0.1) is 0 Å².